The van der Waals surface area contributed by atoms with Crippen molar-refractivity contribution in [1.29, 1.82) is 0 Å². The molecule has 7 heteroatoms. The summed E-state index contributed by atoms with van der Waals surface area (Å²) < 4.78 is 6.44. The van der Waals surface area contributed by atoms with E-state index in [0.29, 0.717) is 11.9 Å². The highest BCUT2D eigenvalue weighted by Gasteiger charge is 2.09. The average molecular weight is 338 g/mol. The summed E-state index contributed by atoms with van der Waals surface area (Å²) in [6.45, 7) is 3.84. The van der Waals surface area contributed by atoms with Crippen LogP contribution < -0.4 is 15.4 Å². The molecule has 0 aliphatic rings. The van der Waals surface area contributed by atoms with E-state index in [1.165, 1.54) is 0 Å². The highest BCUT2D eigenvalue weighted by atomic mass is 79.9. The lowest BCUT2D eigenvalue weighted by Crippen LogP contribution is -2.12. The van der Waals surface area contributed by atoms with Crippen LogP contribution in [0.3, 0.4) is 0 Å². The van der Waals surface area contributed by atoms with E-state index in [1.807, 2.05) is 38.1 Å². The molecule has 0 saturated heterocycles. The molecule has 1 aromatic heterocycles. The van der Waals surface area contributed by atoms with Crippen LogP contribution in [0.1, 0.15) is 13.8 Å². The molecule has 0 aliphatic carbocycles. The van der Waals surface area contributed by atoms with Crippen LogP contribution >= 0.6 is 15.9 Å². The molecule has 0 saturated carbocycles. The number of hydrogen-bond donors (Lipinski definition) is 2. The van der Waals surface area contributed by atoms with Crippen molar-refractivity contribution in [3.05, 3.63) is 28.7 Å². The van der Waals surface area contributed by atoms with Crippen LogP contribution in [0.15, 0.2) is 28.7 Å². The maximum Gasteiger partial charge on any atom is 0.323 e. The number of ether oxygens (including phenoxy) is 1. The third-order valence-corrected chi connectivity index (χ3v) is 2.99. The Hall–Kier alpha value is -1.89. The van der Waals surface area contributed by atoms with Gasteiger partial charge in [0.25, 0.3) is 0 Å². The Morgan fingerprint density at radius 3 is 2.45 bits per heavy atom. The second-order valence-electron chi connectivity index (χ2n) is 4.29. The maximum atomic E-state index is 5.51. The second kappa shape index (κ2) is 6.51. The van der Waals surface area contributed by atoms with Crippen LogP contribution in [0.25, 0.3) is 0 Å². The van der Waals surface area contributed by atoms with Crippen molar-refractivity contribution in [2.24, 2.45) is 0 Å². The summed E-state index contributed by atoms with van der Waals surface area (Å²) >= 11 is 3.47. The zero-order chi connectivity index (χ0) is 14.5. The molecular formula is C13H16BrN5O. The molecule has 1 aromatic carbocycles. The molecule has 2 aromatic rings. The zero-order valence-corrected chi connectivity index (χ0v) is 13.1. The fourth-order valence-corrected chi connectivity index (χ4v) is 1.85. The first kappa shape index (κ1) is 14.5. The summed E-state index contributed by atoms with van der Waals surface area (Å²) in [7, 11) is 1.75. The first-order valence-corrected chi connectivity index (χ1v) is 7.00. The van der Waals surface area contributed by atoms with E-state index in [4.69, 9.17) is 4.74 Å². The quantitative estimate of drug-likeness (QED) is 0.872. The lowest BCUT2D eigenvalue weighted by atomic mass is 10.3. The number of nitrogens with zero attached hydrogens (tertiary/aromatic N) is 3. The third-order valence-electron chi connectivity index (χ3n) is 2.30. The minimum Gasteiger partial charge on any atom is -0.461 e. The molecule has 0 unspecified atom stereocenters. The monoisotopic (exact) mass is 337 g/mol. The third kappa shape index (κ3) is 3.80. The standard InChI is InChI=1S/C13H16BrN5O/c1-8(2)20-13-18-11(15-3)17-12(19-13)16-10-7-5-4-6-9(10)14/h4-8H,1-3H3,(H2,15,16,17,18,19). The van der Waals surface area contributed by atoms with Crippen LogP contribution in [-0.2, 0) is 0 Å². The van der Waals surface area contributed by atoms with Crippen LogP contribution in [0, 0.1) is 0 Å². The van der Waals surface area contributed by atoms with Gasteiger partial charge in [-0.3, -0.25) is 0 Å². The molecule has 2 rings (SSSR count). The van der Waals surface area contributed by atoms with Gasteiger partial charge in [0.15, 0.2) is 0 Å². The summed E-state index contributed by atoms with van der Waals surface area (Å²) in [6, 6.07) is 8.02. The number of benzene rings is 1. The van der Waals surface area contributed by atoms with Crippen LogP contribution in [0.4, 0.5) is 17.6 Å². The summed E-state index contributed by atoms with van der Waals surface area (Å²) in [5.74, 6) is 0.872. The Morgan fingerprint density at radius 1 is 1.10 bits per heavy atom. The van der Waals surface area contributed by atoms with Gasteiger partial charge in [-0.2, -0.15) is 15.0 Å². The Kier molecular flexibility index (Phi) is 4.73. The largest absolute Gasteiger partial charge is 0.461 e. The maximum absolute atomic E-state index is 5.51. The van der Waals surface area contributed by atoms with Gasteiger partial charge in [-0.05, 0) is 41.9 Å². The van der Waals surface area contributed by atoms with Crippen molar-refractivity contribution in [1.82, 2.24) is 15.0 Å². The molecule has 0 atom stereocenters. The van der Waals surface area contributed by atoms with Crippen LogP contribution in [0.5, 0.6) is 6.01 Å². The molecular weight excluding hydrogens is 322 g/mol. The molecule has 20 heavy (non-hydrogen) atoms. The molecule has 0 fully saturated rings. The number of aromatic nitrogens is 3. The van der Waals surface area contributed by atoms with Gasteiger partial charge >= 0.3 is 6.01 Å². The molecule has 0 spiro atoms. The minimum atomic E-state index is -0.00147. The minimum absolute atomic E-state index is 0.00147. The SMILES string of the molecule is CNc1nc(Nc2ccccc2Br)nc(OC(C)C)n1. The fourth-order valence-electron chi connectivity index (χ4n) is 1.47. The van der Waals surface area contributed by atoms with Crippen molar-refractivity contribution in [2.45, 2.75) is 20.0 Å². The molecule has 1 heterocycles. The summed E-state index contributed by atoms with van der Waals surface area (Å²) in [4.78, 5) is 12.6. The summed E-state index contributed by atoms with van der Waals surface area (Å²) in [5.41, 5.74) is 0.872. The molecule has 0 aliphatic heterocycles. The van der Waals surface area contributed by atoms with E-state index in [-0.39, 0.29) is 12.1 Å². The molecule has 2 N–H and O–H groups in total. The van der Waals surface area contributed by atoms with Gasteiger partial charge < -0.3 is 15.4 Å². The van der Waals surface area contributed by atoms with E-state index >= 15 is 0 Å². The average Bonchev–Trinajstić information content (AvgIpc) is 2.40. The van der Waals surface area contributed by atoms with Gasteiger partial charge in [0.05, 0.1) is 11.8 Å². The first-order valence-electron chi connectivity index (χ1n) is 6.20. The zero-order valence-electron chi connectivity index (χ0n) is 11.5. The van der Waals surface area contributed by atoms with Gasteiger partial charge in [-0.25, -0.2) is 0 Å². The van der Waals surface area contributed by atoms with Crippen molar-refractivity contribution in [3.63, 3.8) is 0 Å². The van der Waals surface area contributed by atoms with E-state index in [0.717, 1.165) is 10.2 Å². The summed E-state index contributed by atoms with van der Waals surface area (Å²) in [5, 5.41) is 6.02. The second-order valence-corrected chi connectivity index (χ2v) is 5.14. The van der Waals surface area contributed by atoms with Gasteiger partial charge in [0.1, 0.15) is 0 Å². The molecule has 0 radical (unpaired) electrons. The highest BCUT2D eigenvalue weighted by Crippen LogP contribution is 2.24. The molecule has 0 bridgehead atoms. The normalized spacial score (nSPS) is 10.4. The predicted molar refractivity (Wildman–Crippen MR) is 82.6 cm³/mol. The van der Waals surface area contributed by atoms with Crippen molar-refractivity contribution >= 4 is 33.5 Å². The highest BCUT2D eigenvalue weighted by molar-refractivity contribution is 9.10. The van der Waals surface area contributed by atoms with Gasteiger partial charge in [-0.15, -0.1) is 0 Å². The summed E-state index contributed by atoms with van der Waals surface area (Å²) in [6.07, 6.45) is -0.00147. The molecule has 6 nitrogen and oxygen atoms in total. The number of para-hydroxylation sites is 1. The van der Waals surface area contributed by atoms with Gasteiger partial charge in [-0.1, -0.05) is 12.1 Å². The lowest BCUT2D eigenvalue weighted by molar-refractivity contribution is 0.222. The van der Waals surface area contributed by atoms with Gasteiger partial charge in [0, 0.05) is 11.5 Å². The Bertz CT molecular complexity index is 591. The number of anilines is 3. The van der Waals surface area contributed by atoms with Crippen molar-refractivity contribution < 1.29 is 4.74 Å². The number of rotatable bonds is 5. The molecule has 106 valence electrons. The number of hydrogen-bond acceptors (Lipinski definition) is 6. The Labute approximate surface area is 126 Å². The number of nitrogens with one attached hydrogen (secondary N) is 2. The number of halogens is 1. The Morgan fingerprint density at radius 2 is 1.80 bits per heavy atom. The Balaban J connectivity index is 2.29. The first-order chi connectivity index (χ1) is 9.58. The fraction of sp³-hybridized carbons (Fsp3) is 0.308. The van der Waals surface area contributed by atoms with Crippen LogP contribution in [-0.4, -0.2) is 28.1 Å². The van der Waals surface area contributed by atoms with E-state index < -0.39 is 0 Å². The predicted octanol–water partition coefficient (Wildman–Crippen LogP) is 3.21. The topological polar surface area (TPSA) is 72.0 Å². The molecule has 0 amide bonds. The van der Waals surface area contributed by atoms with E-state index in [2.05, 4.69) is 41.5 Å². The smallest absolute Gasteiger partial charge is 0.323 e. The van der Waals surface area contributed by atoms with Crippen molar-refractivity contribution in [3.8, 4) is 6.01 Å². The van der Waals surface area contributed by atoms with E-state index in [1.54, 1.807) is 7.05 Å². The van der Waals surface area contributed by atoms with Gasteiger partial charge in [0.2, 0.25) is 11.9 Å². The van der Waals surface area contributed by atoms with E-state index in [9.17, 15) is 0 Å². The van der Waals surface area contributed by atoms with Crippen molar-refractivity contribution in [2.75, 3.05) is 17.7 Å². The lowest BCUT2D eigenvalue weighted by Gasteiger charge is -2.11. The van der Waals surface area contributed by atoms with Crippen LogP contribution in [0.2, 0.25) is 0 Å².